The van der Waals surface area contributed by atoms with Crippen molar-refractivity contribution in [3.8, 4) is 0 Å². The zero-order valence-corrected chi connectivity index (χ0v) is 8.84. The summed E-state index contributed by atoms with van der Waals surface area (Å²) in [7, 11) is 0. The standard InChI is InChI=1S/C10H20N2O2/c1-2-12-10(13)5-6-11-8-9-4-3-7-14-9/h9,11H,2-8H2,1H3,(H,12,13)/t9-/m0/s1. The first-order chi connectivity index (χ1) is 6.83. The van der Waals surface area contributed by atoms with Crippen LogP contribution in [0.5, 0.6) is 0 Å². The number of carbonyl (C=O) groups excluding carboxylic acids is 1. The Kier molecular flexibility index (Phi) is 5.56. The van der Waals surface area contributed by atoms with Gasteiger partial charge in [-0.25, -0.2) is 0 Å². The smallest absolute Gasteiger partial charge is 0.221 e. The molecule has 1 aliphatic rings. The van der Waals surface area contributed by atoms with Crippen LogP contribution in [0.2, 0.25) is 0 Å². The maximum atomic E-state index is 11.1. The maximum absolute atomic E-state index is 11.1. The zero-order chi connectivity index (χ0) is 10.2. The predicted octanol–water partition coefficient (Wildman–Crippen LogP) is 0.281. The molecule has 4 nitrogen and oxygen atoms in total. The number of nitrogens with one attached hydrogen (secondary N) is 2. The van der Waals surface area contributed by atoms with E-state index in [1.54, 1.807) is 0 Å². The van der Waals surface area contributed by atoms with Gasteiger partial charge in [-0.05, 0) is 19.8 Å². The number of hydrogen-bond acceptors (Lipinski definition) is 3. The highest BCUT2D eigenvalue weighted by molar-refractivity contribution is 5.75. The second kappa shape index (κ2) is 6.79. The van der Waals surface area contributed by atoms with E-state index in [1.807, 2.05) is 6.92 Å². The summed E-state index contributed by atoms with van der Waals surface area (Å²) >= 11 is 0. The predicted molar refractivity (Wildman–Crippen MR) is 55.1 cm³/mol. The fourth-order valence-electron chi connectivity index (χ4n) is 1.56. The molecule has 0 aromatic rings. The van der Waals surface area contributed by atoms with Gasteiger partial charge in [0.15, 0.2) is 0 Å². The molecule has 14 heavy (non-hydrogen) atoms. The molecule has 0 spiro atoms. The van der Waals surface area contributed by atoms with Crippen LogP contribution in [0, 0.1) is 0 Å². The molecule has 1 rings (SSSR count). The number of hydrogen-bond donors (Lipinski definition) is 2. The quantitative estimate of drug-likeness (QED) is 0.606. The highest BCUT2D eigenvalue weighted by atomic mass is 16.5. The van der Waals surface area contributed by atoms with Gasteiger partial charge in [-0.3, -0.25) is 4.79 Å². The molecule has 1 amide bonds. The van der Waals surface area contributed by atoms with Crippen molar-refractivity contribution in [2.45, 2.75) is 32.3 Å². The van der Waals surface area contributed by atoms with Crippen molar-refractivity contribution >= 4 is 5.91 Å². The molecule has 82 valence electrons. The van der Waals surface area contributed by atoms with E-state index in [9.17, 15) is 4.79 Å². The molecule has 0 aliphatic carbocycles. The molecule has 0 aromatic carbocycles. The van der Waals surface area contributed by atoms with E-state index in [2.05, 4.69) is 10.6 Å². The molecule has 0 aromatic heterocycles. The lowest BCUT2D eigenvalue weighted by atomic mass is 10.2. The molecule has 1 fully saturated rings. The van der Waals surface area contributed by atoms with Crippen LogP contribution in [-0.2, 0) is 9.53 Å². The van der Waals surface area contributed by atoms with Gasteiger partial charge in [0.05, 0.1) is 6.10 Å². The molecular formula is C10H20N2O2. The Bertz CT molecular complexity index is 168. The monoisotopic (exact) mass is 200 g/mol. The Hall–Kier alpha value is -0.610. The minimum absolute atomic E-state index is 0.118. The highest BCUT2D eigenvalue weighted by Gasteiger charge is 2.14. The molecule has 1 heterocycles. The molecule has 4 heteroatoms. The summed E-state index contributed by atoms with van der Waals surface area (Å²) in [6.07, 6.45) is 3.24. The van der Waals surface area contributed by atoms with Gasteiger partial charge in [-0.1, -0.05) is 0 Å². The van der Waals surface area contributed by atoms with Crippen molar-refractivity contribution in [2.24, 2.45) is 0 Å². The van der Waals surface area contributed by atoms with E-state index in [0.29, 0.717) is 19.1 Å². The lowest BCUT2D eigenvalue weighted by Crippen LogP contribution is -2.31. The normalized spacial score (nSPS) is 21.1. The third kappa shape index (κ3) is 4.58. The van der Waals surface area contributed by atoms with Crippen LogP contribution in [0.1, 0.15) is 26.2 Å². The van der Waals surface area contributed by atoms with Crippen LogP contribution < -0.4 is 10.6 Å². The first-order valence-corrected chi connectivity index (χ1v) is 5.42. The molecule has 1 aliphatic heterocycles. The van der Waals surface area contributed by atoms with Gasteiger partial charge in [0.1, 0.15) is 0 Å². The van der Waals surface area contributed by atoms with Crippen LogP contribution in [-0.4, -0.2) is 38.3 Å². The molecule has 0 unspecified atom stereocenters. The SMILES string of the molecule is CCNC(=O)CCNC[C@@H]1CCCO1. The minimum Gasteiger partial charge on any atom is -0.377 e. The Labute approximate surface area is 85.4 Å². The second-order valence-electron chi connectivity index (χ2n) is 3.54. The van der Waals surface area contributed by atoms with Gasteiger partial charge in [0.2, 0.25) is 5.91 Å². The Balaban J connectivity index is 1.90. The first-order valence-electron chi connectivity index (χ1n) is 5.42. The molecule has 1 atom stereocenters. The zero-order valence-electron chi connectivity index (χ0n) is 8.84. The largest absolute Gasteiger partial charge is 0.377 e. The molecule has 2 N–H and O–H groups in total. The van der Waals surface area contributed by atoms with Crippen LogP contribution in [0.25, 0.3) is 0 Å². The molecular weight excluding hydrogens is 180 g/mol. The van der Waals surface area contributed by atoms with Gasteiger partial charge in [0, 0.05) is 32.7 Å². The lowest BCUT2D eigenvalue weighted by molar-refractivity contribution is -0.120. The molecule has 0 bridgehead atoms. The van der Waals surface area contributed by atoms with E-state index in [0.717, 1.165) is 26.1 Å². The third-order valence-corrected chi connectivity index (χ3v) is 2.30. The number of amides is 1. The van der Waals surface area contributed by atoms with Gasteiger partial charge in [0.25, 0.3) is 0 Å². The second-order valence-corrected chi connectivity index (χ2v) is 3.54. The fraction of sp³-hybridized carbons (Fsp3) is 0.900. The summed E-state index contributed by atoms with van der Waals surface area (Å²) < 4.78 is 5.44. The number of carbonyl (C=O) groups is 1. The van der Waals surface area contributed by atoms with Crippen molar-refractivity contribution in [1.29, 1.82) is 0 Å². The summed E-state index contributed by atoms with van der Waals surface area (Å²) in [5.74, 6) is 0.118. The van der Waals surface area contributed by atoms with Crippen molar-refractivity contribution in [3.05, 3.63) is 0 Å². The van der Waals surface area contributed by atoms with Gasteiger partial charge in [-0.2, -0.15) is 0 Å². The average molecular weight is 200 g/mol. The Morgan fingerprint density at radius 3 is 3.07 bits per heavy atom. The van der Waals surface area contributed by atoms with E-state index in [4.69, 9.17) is 4.74 Å². The average Bonchev–Trinajstić information content (AvgIpc) is 2.65. The highest BCUT2D eigenvalue weighted by Crippen LogP contribution is 2.10. The summed E-state index contributed by atoms with van der Waals surface area (Å²) in [4.78, 5) is 11.1. The minimum atomic E-state index is 0.118. The van der Waals surface area contributed by atoms with Crippen molar-refractivity contribution in [2.75, 3.05) is 26.2 Å². The van der Waals surface area contributed by atoms with Gasteiger partial charge >= 0.3 is 0 Å². The van der Waals surface area contributed by atoms with Crippen molar-refractivity contribution in [3.63, 3.8) is 0 Å². The lowest BCUT2D eigenvalue weighted by Gasteiger charge is -2.10. The Morgan fingerprint density at radius 2 is 2.43 bits per heavy atom. The Morgan fingerprint density at radius 1 is 1.57 bits per heavy atom. The van der Waals surface area contributed by atoms with Crippen LogP contribution in [0.4, 0.5) is 0 Å². The maximum Gasteiger partial charge on any atom is 0.221 e. The number of rotatable bonds is 6. The fourth-order valence-corrected chi connectivity index (χ4v) is 1.56. The van der Waals surface area contributed by atoms with Crippen LogP contribution >= 0.6 is 0 Å². The molecule has 0 radical (unpaired) electrons. The van der Waals surface area contributed by atoms with E-state index >= 15 is 0 Å². The summed E-state index contributed by atoms with van der Waals surface area (Å²) in [6.45, 7) is 5.15. The summed E-state index contributed by atoms with van der Waals surface area (Å²) in [5, 5.41) is 5.99. The van der Waals surface area contributed by atoms with Crippen molar-refractivity contribution in [1.82, 2.24) is 10.6 Å². The van der Waals surface area contributed by atoms with Crippen LogP contribution in [0.3, 0.4) is 0 Å². The first kappa shape index (κ1) is 11.5. The summed E-state index contributed by atoms with van der Waals surface area (Å²) in [6, 6.07) is 0. The van der Waals surface area contributed by atoms with Gasteiger partial charge < -0.3 is 15.4 Å². The van der Waals surface area contributed by atoms with Gasteiger partial charge in [-0.15, -0.1) is 0 Å². The van der Waals surface area contributed by atoms with E-state index in [-0.39, 0.29) is 5.91 Å². The summed E-state index contributed by atoms with van der Waals surface area (Å²) in [5.41, 5.74) is 0. The number of ether oxygens (including phenoxy) is 1. The third-order valence-electron chi connectivity index (χ3n) is 2.30. The van der Waals surface area contributed by atoms with Crippen LogP contribution in [0.15, 0.2) is 0 Å². The molecule has 0 saturated carbocycles. The van der Waals surface area contributed by atoms with E-state index in [1.165, 1.54) is 6.42 Å². The van der Waals surface area contributed by atoms with E-state index < -0.39 is 0 Å². The topological polar surface area (TPSA) is 50.4 Å². The molecule has 1 saturated heterocycles. The van der Waals surface area contributed by atoms with Crippen molar-refractivity contribution < 1.29 is 9.53 Å².